The Labute approximate surface area is 650 Å². The fourth-order valence-corrected chi connectivity index (χ4v) is 20.0. The molecule has 16 aromatic carbocycles. The van der Waals surface area contributed by atoms with Gasteiger partial charge < -0.3 is 13.7 Å². The molecule has 0 aliphatic heterocycles. The highest BCUT2D eigenvalue weighted by Gasteiger charge is 2.38. The van der Waals surface area contributed by atoms with E-state index in [4.69, 9.17) is 9.97 Å². The Kier molecular flexibility index (Phi) is 13.6. The minimum atomic E-state index is -0.0767. The summed E-state index contributed by atoms with van der Waals surface area (Å²) in [6, 6.07) is 129. The lowest BCUT2D eigenvalue weighted by Gasteiger charge is -2.21. The summed E-state index contributed by atoms with van der Waals surface area (Å²) in [6.45, 7) is 14.1. The topological polar surface area (TPSA) is 40.6 Å². The van der Waals surface area contributed by atoms with Gasteiger partial charge >= 0.3 is 0 Å². The van der Waals surface area contributed by atoms with Crippen molar-refractivity contribution in [2.75, 3.05) is 0 Å². The van der Waals surface area contributed by atoms with Gasteiger partial charge in [0.1, 0.15) is 0 Å². The Bertz CT molecular complexity index is 7470. The molecule has 0 N–H and O–H groups in total. The van der Waals surface area contributed by atoms with Gasteiger partial charge in [-0.1, -0.05) is 284 Å². The Morgan fingerprint density at radius 3 is 0.973 bits per heavy atom. The Morgan fingerprint density at radius 2 is 0.527 bits per heavy atom. The summed E-state index contributed by atoms with van der Waals surface area (Å²) in [6.07, 6.45) is 0. The smallest absolute Gasteiger partial charge is 0.160 e. The van der Waals surface area contributed by atoms with E-state index in [2.05, 4.69) is 401 Å². The van der Waals surface area contributed by atoms with E-state index in [1.54, 1.807) is 0 Å². The molecular weight excluding hydrogens is 1360 g/mol. The molecule has 3 aliphatic carbocycles. The molecule has 112 heavy (non-hydrogen) atoms. The molecule has 0 spiro atoms. The number of para-hydroxylation sites is 3. The molecule has 0 fully saturated rings. The van der Waals surface area contributed by atoms with Crippen LogP contribution < -0.4 is 0 Å². The third-order valence-corrected chi connectivity index (χ3v) is 25.7. The molecule has 0 unspecified atom stereocenters. The third-order valence-electron chi connectivity index (χ3n) is 25.7. The van der Waals surface area contributed by atoms with Gasteiger partial charge in [0.25, 0.3) is 0 Å². The normalized spacial score (nSPS) is 14.0. The van der Waals surface area contributed by atoms with E-state index >= 15 is 0 Å². The van der Waals surface area contributed by atoms with E-state index in [9.17, 15) is 0 Å². The quantitative estimate of drug-likeness (QED) is 0.144. The number of hydrogen-bond acceptors (Lipinski definition) is 2. The highest BCUT2D eigenvalue weighted by Crippen LogP contribution is 2.54. The van der Waals surface area contributed by atoms with Crippen molar-refractivity contribution in [1.82, 2.24) is 23.7 Å². The average molecular weight is 1430 g/mol. The number of hydrogen-bond donors (Lipinski definition) is 0. The standard InChI is InChI=1S/C107H75N5/c1-105(2)90-31-13-7-25-77(90)86-57-66(42-51-93(86)105)69-39-48-83-80-28-10-16-34-97(80)110(100(83)61-69)74-46-37-64(38-47-74)65-45-54-96-89(60-65)103(72-21-19-23-75(55-72)111-98-35-17-11-29-81(98)84-49-40-70(62-101(84)111)67-43-52-94-87(58-67)78-26-8-14-32-91(78)106(94,3)4)109-104(108-96)73-22-20-24-76(56-73)112-99-36-18-12-30-82(99)85-50-41-71(63-102(85)112)68-44-53-95-88(59-68)79-27-9-15-33-92(79)107(95,5)6/h7-63H,1-6H3. The molecule has 5 heteroatoms. The molecule has 5 nitrogen and oxygen atoms in total. The van der Waals surface area contributed by atoms with Crippen LogP contribution in [-0.2, 0) is 16.2 Å². The minimum Gasteiger partial charge on any atom is -0.309 e. The fraction of sp³-hybridized carbons (Fsp3) is 0.0841. The van der Waals surface area contributed by atoms with Crippen LogP contribution in [0, 0.1) is 0 Å². The molecule has 0 radical (unpaired) electrons. The van der Waals surface area contributed by atoms with Crippen molar-refractivity contribution in [2.24, 2.45) is 0 Å². The monoisotopic (exact) mass is 1430 g/mol. The van der Waals surface area contributed by atoms with Gasteiger partial charge in [0.15, 0.2) is 5.82 Å². The molecule has 0 bridgehead atoms. The second-order valence-corrected chi connectivity index (χ2v) is 32.8. The van der Waals surface area contributed by atoms with Crippen molar-refractivity contribution in [1.29, 1.82) is 0 Å². The van der Waals surface area contributed by atoms with Gasteiger partial charge in [0.2, 0.25) is 0 Å². The maximum atomic E-state index is 5.82. The van der Waals surface area contributed by atoms with Crippen LogP contribution in [0.1, 0.15) is 74.9 Å². The van der Waals surface area contributed by atoms with Crippen molar-refractivity contribution < 1.29 is 0 Å². The largest absolute Gasteiger partial charge is 0.309 e. The molecule has 528 valence electrons. The van der Waals surface area contributed by atoms with Gasteiger partial charge in [-0.25, -0.2) is 9.97 Å². The Morgan fingerprint density at radius 1 is 0.196 bits per heavy atom. The maximum Gasteiger partial charge on any atom is 0.160 e. The van der Waals surface area contributed by atoms with Gasteiger partial charge in [-0.2, -0.15) is 0 Å². The lowest BCUT2D eigenvalue weighted by molar-refractivity contribution is 0.660. The summed E-state index contributed by atoms with van der Waals surface area (Å²) in [4.78, 5) is 11.4. The highest BCUT2D eigenvalue weighted by atomic mass is 15.0. The molecule has 20 aromatic rings. The summed E-state index contributed by atoms with van der Waals surface area (Å²) in [5, 5.41) is 8.23. The lowest BCUT2D eigenvalue weighted by Crippen LogP contribution is -2.14. The molecule has 3 aliphatic rings. The molecule has 0 amide bonds. The summed E-state index contributed by atoms with van der Waals surface area (Å²) in [7, 11) is 0. The summed E-state index contributed by atoms with van der Waals surface area (Å²) < 4.78 is 7.33. The van der Waals surface area contributed by atoms with E-state index in [1.165, 1.54) is 143 Å². The van der Waals surface area contributed by atoms with Crippen LogP contribution >= 0.6 is 0 Å². The van der Waals surface area contributed by atoms with Crippen LogP contribution in [0.15, 0.2) is 346 Å². The van der Waals surface area contributed by atoms with Gasteiger partial charge in [0.05, 0.1) is 44.3 Å². The molecular formula is C107H75N5. The maximum absolute atomic E-state index is 5.82. The van der Waals surface area contributed by atoms with Crippen LogP contribution in [0.2, 0.25) is 0 Å². The lowest BCUT2D eigenvalue weighted by atomic mass is 9.82. The Hall–Kier alpha value is -13.7. The minimum absolute atomic E-state index is 0.0568. The van der Waals surface area contributed by atoms with Crippen LogP contribution in [0.4, 0.5) is 0 Å². The number of benzene rings is 16. The van der Waals surface area contributed by atoms with Gasteiger partial charge in [-0.05, 0) is 214 Å². The van der Waals surface area contributed by atoms with Gasteiger partial charge in [-0.15, -0.1) is 0 Å². The zero-order valence-electron chi connectivity index (χ0n) is 63.1. The molecule has 4 aromatic heterocycles. The summed E-state index contributed by atoms with van der Waals surface area (Å²) in [5.74, 6) is 0.649. The highest BCUT2D eigenvalue weighted by molar-refractivity contribution is 6.13. The van der Waals surface area contributed by atoms with Crippen LogP contribution in [0.3, 0.4) is 0 Å². The van der Waals surface area contributed by atoms with Crippen molar-refractivity contribution >= 4 is 76.3 Å². The first-order chi connectivity index (χ1) is 54.8. The van der Waals surface area contributed by atoms with Crippen LogP contribution in [0.25, 0.3) is 194 Å². The van der Waals surface area contributed by atoms with Crippen molar-refractivity contribution in [2.45, 2.75) is 57.8 Å². The third kappa shape index (κ3) is 9.37. The summed E-state index contributed by atoms with van der Waals surface area (Å²) >= 11 is 0. The fourth-order valence-electron chi connectivity index (χ4n) is 20.0. The SMILES string of the molecule is CC1(C)c2ccccc2-c2cc(-c3ccc4c5ccccc5n(-c5ccc(-c6ccc7nc(-c8cccc(-n9c%10ccccc%10c%10ccc(-c%11ccc%12c(c%11)-c%11ccccc%11C%12(C)C)cc%109)c8)nc(-c8cccc(-n9c%10ccccc%10c%10ccc(-c%11ccc%12c(c%11)-c%11ccccc%11C%12(C)C)cc%109)c8)c7c6)cc5)c4c3)ccc21. The molecule has 23 rings (SSSR count). The van der Waals surface area contributed by atoms with Crippen LogP contribution in [-0.4, -0.2) is 23.7 Å². The first-order valence-corrected chi connectivity index (χ1v) is 39.3. The van der Waals surface area contributed by atoms with E-state index in [1.807, 2.05) is 0 Å². The number of rotatable bonds is 9. The van der Waals surface area contributed by atoms with Gasteiger partial charge in [0, 0.05) is 82.1 Å². The molecule has 4 heterocycles. The number of aromatic nitrogens is 5. The van der Waals surface area contributed by atoms with Crippen molar-refractivity contribution in [3.63, 3.8) is 0 Å². The van der Waals surface area contributed by atoms with E-state index < -0.39 is 0 Å². The zero-order chi connectivity index (χ0) is 74.6. The number of nitrogens with zero attached hydrogens (tertiary/aromatic N) is 5. The molecule has 0 saturated carbocycles. The summed E-state index contributed by atoms with van der Waals surface area (Å²) in [5.41, 5.74) is 39.0. The van der Waals surface area contributed by atoms with Crippen molar-refractivity contribution in [3.8, 4) is 118 Å². The first-order valence-electron chi connectivity index (χ1n) is 39.3. The van der Waals surface area contributed by atoms with E-state index in [0.717, 1.165) is 78.0 Å². The number of fused-ring (bicyclic) bond motifs is 19. The Balaban J connectivity index is 0.664. The molecule has 0 atom stereocenters. The van der Waals surface area contributed by atoms with E-state index in [-0.39, 0.29) is 16.2 Å². The predicted molar refractivity (Wildman–Crippen MR) is 468 cm³/mol. The van der Waals surface area contributed by atoms with Crippen LogP contribution in [0.5, 0.6) is 0 Å². The van der Waals surface area contributed by atoms with Gasteiger partial charge in [-0.3, -0.25) is 0 Å². The second-order valence-electron chi connectivity index (χ2n) is 32.8. The molecule has 0 saturated heterocycles. The second kappa shape index (κ2) is 23.6. The first kappa shape index (κ1) is 64.3. The van der Waals surface area contributed by atoms with E-state index in [0.29, 0.717) is 5.82 Å². The average Bonchev–Trinajstić information content (AvgIpc) is 1.53. The predicted octanol–water partition coefficient (Wildman–Crippen LogP) is 27.8. The zero-order valence-corrected chi connectivity index (χ0v) is 63.1. The van der Waals surface area contributed by atoms with Crippen molar-refractivity contribution in [3.05, 3.63) is 379 Å².